The van der Waals surface area contributed by atoms with Gasteiger partial charge in [-0.1, -0.05) is 32.8 Å². The van der Waals surface area contributed by atoms with Gasteiger partial charge in [0.2, 0.25) is 0 Å². The second-order valence-electron chi connectivity index (χ2n) is 5.44. The predicted molar refractivity (Wildman–Crippen MR) is 78.8 cm³/mol. The molecule has 0 radical (unpaired) electrons. The minimum absolute atomic E-state index is 0.430. The van der Waals surface area contributed by atoms with Crippen molar-refractivity contribution in [1.29, 1.82) is 0 Å². The molecule has 1 fully saturated rings. The fraction of sp³-hybridized carbons (Fsp3) is 0.571. The zero-order valence-corrected chi connectivity index (χ0v) is 12.3. The van der Waals surface area contributed by atoms with E-state index in [2.05, 4.69) is 66.0 Å². The molecule has 0 aliphatic heterocycles. The van der Waals surface area contributed by atoms with Crippen LogP contribution in [0.5, 0.6) is 0 Å². The molecule has 0 bridgehead atoms. The van der Waals surface area contributed by atoms with Gasteiger partial charge in [-0.3, -0.25) is 0 Å². The van der Waals surface area contributed by atoms with Crippen LogP contribution in [0.2, 0.25) is 0 Å². The van der Waals surface area contributed by atoms with Gasteiger partial charge in [0.25, 0.3) is 0 Å². The monoisotopic (exact) mass is 329 g/mol. The average molecular weight is 329 g/mol. The molecule has 2 heteroatoms. The van der Waals surface area contributed by atoms with Gasteiger partial charge in [-0.25, -0.2) is 0 Å². The molecule has 0 saturated heterocycles. The molecule has 1 unspecified atom stereocenters. The molecule has 0 amide bonds. The van der Waals surface area contributed by atoms with Crippen LogP contribution in [-0.2, 0) is 0 Å². The minimum Gasteiger partial charge on any atom is -0.382 e. The maximum Gasteiger partial charge on any atom is 0.0353 e. The number of hydrogen-bond donors (Lipinski definition) is 1. The van der Waals surface area contributed by atoms with Gasteiger partial charge < -0.3 is 5.32 Å². The van der Waals surface area contributed by atoms with Crippen LogP contribution in [0.1, 0.15) is 39.5 Å². The maximum absolute atomic E-state index is 3.71. The maximum atomic E-state index is 3.71. The minimum atomic E-state index is 0.430. The SMILES string of the molecule is CC1(C)CCCCC1Nc1cccc(I)c1. The van der Waals surface area contributed by atoms with E-state index in [0.717, 1.165) is 0 Å². The molecule has 2 rings (SSSR count). The van der Waals surface area contributed by atoms with Crippen molar-refractivity contribution in [3.05, 3.63) is 27.8 Å². The van der Waals surface area contributed by atoms with E-state index < -0.39 is 0 Å². The van der Waals surface area contributed by atoms with Crippen LogP contribution < -0.4 is 5.32 Å². The van der Waals surface area contributed by atoms with Gasteiger partial charge in [0.05, 0.1) is 0 Å². The summed E-state index contributed by atoms with van der Waals surface area (Å²) in [5.41, 5.74) is 1.70. The standard InChI is InChI=1S/C14H20IN/c1-14(2)9-4-3-8-13(14)16-12-7-5-6-11(15)10-12/h5-7,10,13,16H,3-4,8-9H2,1-2H3. The van der Waals surface area contributed by atoms with E-state index in [9.17, 15) is 0 Å². The molecule has 1 nitrogen and oxygen atoms in total. The number of anilines is 1. The molecule has 0 aromatic heterocycles. The van der Waals surface area contributed by atoms with Crippen molar-refractivity contribution in [3.63, 3.8) is 0 Å². The Hall–Kier alpha value is -0.250. The largest absolute Gasteiger partial charge is 0.382 e. The molecule has 1 aliphatic carbocycles. The van der Waals surface area contributed by atoms with Crippen molar-refractivity contribution in [1.82, 2.24) is 0 Å². The van der Waals surface area contributed by atoms with Gasteiger partial charge in [-0.05, 0) is 59.0 Å². The summed E-state index contributed by atoms with van der Waals surface area (Å²) in [6.07, 6.45) is 5.40. The summed E-state index contributed by atoms with van der Waals surface area (Å²) in [7, 11) is 0. The Labute approximate surface area is 112 Å². The molecular formula is C14H20IN. The van der Waals surface area contributed by atoms with E-state index in [1.807, 2.05) is 0 Å². The Kier molecular flexibility index (Phi) is 3.77. The Bertz CT molecular complexity index is 360. The first-order valence-electron chi connectivity index (χ1n) is 6.10. The van der Waals surface area contributed by atoms with Crippen LogP contribution >= 0.6 is 22.6 Å². The molecule has 88 valence electrons. The molecule has 0 heterocycles. The van der Waals surface area contributed by atoms with E-state index in [1.165, 1.54) is 34.9 Å². The number of rotatable bonds is 2. The summed E-state index contributed by atoms with van der Waals surface area (Å²) in [6.45, 7) is 4.77. The summed E-state index contributed by atoms with van der Waals surface area (Å²) >= 11 is 2.37. The summed E-state index contributed by atoms with van der Waals surface area (Å²) in [5, 5.41) is 3.71. The van der Waals surface area contributed by atoms with E-state index in [4.69, 9.17) is 0 Å². The topological polar surface area (TPSA) is 12.0 Å². The lowest BCUT2D eigenvalue weighted by atomic mass is 9.73. The van der Waals surface area contributed by atoms with Gasteiger partial charge in [-0.15, -0.1) is 0 Å². The van der Waals surface area contributed by atoms with Crippen molar-refractivity contribution in [2.45, 2.75) is 45.6 Å². The van der Waals surface area contributed by atoms with E-state index in [-0.39, 0.29) is 0 Å². The highest BCUT2D eigenvalue weighted by Crippen LogP contribution is 2.37. The molecule has 1 aromatic carbocycles. The number of halogens is 1. The van der Waals surface area contributed by atoms with Gasteiger partial charge >= 0.3 is 0 Å². The molecule has 16 heavy (non-hydrogen) atoms. The molecule has 1 saturated carbocycles. The van der Waals surface area contributed by atoms with Crippen LogP contribution in [0.15, 0.2) is 24.3 Å². The highest BCUT2D eigenvalue weighted by atomic mass is 127. The fourth-order valence-electron chi connectivity index (χ4n) is 2.54. The third kappa shape index (κ3) is 2.90. The normalized spacial score (nSPS) is 24.1. The Morgan fingerprint density at radius 2 is 2.12 bits per heavy atom. The quantitative estimate of drug-likeness (QED) is 0.778. The number of benzene rings is 1. The highest BCUT2D eigenvalue weighted by molar-refractivity contribution is 14.1. The molecule has 1 aliphatic rings. The fourth-order valence-corrected chi connectivity index (χ4v) is 3.08. The van der Waals surface area contributed by atoms with Crippen LogP contribution in [0.3, 0.4) is 0 Å². The van der Waals surface area contributed by atoms with Crippen LogP contribution in [-0.4, -0.2) is 6.04 Å². The van der Waals surface area contributed by atoms with Crippen molar-refractivity contribution < 1.29 is 0 Å². The third-order valence-electron chi connectivity index (χ3n) is 3.67. The van der Waals surface area contributed by atoms with E-state index >= 15 is 0 Å². The molecule has 1 aromatic rings. The second kappa shape index (κ2) is 4.94. The summed E-state index contributed by atoms with van der Waals surface area (Å²) in [4.78, 5) is 0. The smallest absolute Gasteiger partial charge is 0.0353 e. The number of hydrogen-bond acceptors (Lipinski definition) is 1. The third-order valence-corrected chi connectivity index (χ3v) is 4.34. The summed E-state index contributed by atoms with van der Waals surface area (Å²) in [6, 6.07) is 9.29. The van der Waals surface area contributed by atoms with Crippen molar-refractivity contribution in [3.8, 4) is 0 Å². The Morgan fingerprint density at radius 3 is 2.81 bits per heavy atom. The van der Waals surface area contributed by atoms with Crippen molar-refractivity contribution in [2.24, 2.45) is 5.41 Å². The van der Waals surface area contributed by atoms with Gasteiger partial charge in [0.15, 0.2) is 0 Å². The van der Waals surface area contributed by atoms with Crippen LogP contribution in [0, 0.1) is 8.99 Å². The predicted octanol–water partition coefficient (Wildman–Crippen LogP) is 4.67. The summed E-state index contributed by atoms with van der Waals surface area (Å²) < 4.78 is 1.30. The zero-order chi connectivity index (χ0) is 11.6. The van der Waals surface area contributed by atoms with Gasteiger partial charge in [0, 0.05) is 15.3 Å². The second-order valence-corrected chi connectivity index (χ2v) is 6.69. The average Bonchev–Trinajstić information content (AvgIpc) is 2.21. The first-order valence-corrected chi connectivity index (χ1v) is 7.18. The molecule has 1 atom stereocenters. The van der Waals surface area contributed by atoms with Gasteiger partial charge in [-0.2, -0.15) is 0 Å². The lowest BCUT2D eigenvalue weighted by Gasteiger charge is -2.39. The first kappa shape index (κ1) is 12.2. The Balaban J connectivity index is 2.08. The lowest BCUT2D eigenvalue weighted by molar-refractivity contribution is 0.217. The van der Waals surface area contributed by atoms with Crippen LogP contribution in [0.4, 0.5) is 5.69 Å². The Morgan fingerprint density at radius 1 is 1.31 bits per heavy atom. The molecular weight excluding hydrogens is 309 g/mol. The van der Waals surface area contributed by atoms with E-state index in [1.54, 1.807) is 0 Å². The highest BCUT2D eigenvalue weighted by Gasteiger charge is 2.31. The van der Waals surface area contributed by atoms with Crippen molar-refractivity contribution >= 4 is 28.3 Å². The van der Waals surface area contributed by atoms with Crippen LogP contribution in [0.25, 0.3) is 0 Å². The van der Waals surface area contributed by atoms with Crippen molar-refractivity contribution in [2.75, 3.05) is 5.32 Å². The molecule has 1 N–H and O–H groups in total. The zero-order valence-electron chi connectivity index (χ0n) is 10.1. The summed E-state index contributed by atoms with van der Waals surface area (Å²) in [5.74, 6) is 0. The first-order chi connectivity index (χ1) is 7.58. The lowest BCUT2D eigenvalue weighted by Crippen LogP contribution is -2.38. The van der Waals surface area contributed by atoms with Gasteiger partial charge in [0.1, 0.15) is 0 Å². The van der Waals surface area contributed by atoms with E-state index in [0.29, 0.717) is 11.5 Å². The number of nitrogens with one attached hydrogen (secondary N) is 1. The molecule has 0 spiro atoms.